The van der Waals surface area contributed by atoms with Crippen LogP contribution in [-0.2, 0) is 9.59 Å². The minimum Gasteiger partial charge on any atom is -0.507 e. The second-order valence-corrected chi connectivity index (χ2v) is 8.21. The molecular weight excluding hydrogens is 458 g/mol. The average Bonchev–Trinajstić information content (AvgIpc) is 3.17. The molecule has 1 atom stereocenters. The number of ketones is 1. The maximum absolute atomic E-state index is 13.4. The van der Waals surface area contributed by atoms with Crippen LogP contribution in [-0.4, -0.2) is 37.1 Å². The molecule has 0 saturated carbocycles. The van der Waals surface area contributed by atoms with E-state index in [-0.39, 0.29) is 11.3 Å². The Labute approximate surface area is 210 Å². The summed E-state index contributed by atoms with van der Waals surface area (Å²) in [6.45, 7) is 4.91. The van der Waals surface area contributed by atoms with Crippen LogP contribution in [0.5, 0.6) is 17.2 Å². The van der Waals surface area contributed by atoms with Gasteiger partial charge in [0.1, 0.15) is 23.0 Å². The zero-order valence-corrected chi connectivity index (χ0v) is 20.6. The van der Waals surface area contributed by atoms with Crippen LogP contribution >= 0.6 is 0 Å². The summed E-state index contributed by atoms with van der Waals surface area (Å²) in [5.41, 5.74) is 1.43. The quantitative estimate of drug-likeness (QED) is 0.243. The molecular formula is C29H29NO6. The number of hydrogen-bond donors (Lipinski definition) is 1. The number of carbonyl (C=O) groups is 2. The number of benzene rings is 3. The number of nitrogens with zero attached hydrogens (tertiary/aromatic N) is 1. The van der Waals surface area contributed by atoms with E-state index in [4.69, 9.17) is 14.2 Å². The Balaban J connectivity index is 1.89. The van der Waals surface area contributed by atoms with Gasteiger partial charge in [0, 0.05) is 22.9 Å². The van der Waals surface area contributed by atoms with Crippen LogP contribution in [0.3, 0.4) is 0 Å². The highest BCUT2D eigenvalue weighted by molar-refractivity contribution is 6.51. The van der Waals surface area contributed by atoms with Crippen molar-refractivity contribution in [2.24, 2.45) is 0 Å². The van der Waals surface area contributed by atoms with Gasteiger partial charge in [-0.25, -0.2) is 0 Å². The summed E-state index contributed by atoms with van der Waals surface area (Å²) in [6, 6.07) is 20.0. The lowest BCUT2D eigenvalue weighted by atomic mass is 9.94. The van der Waals surface area contributed by atoms with Gasteiger partial charge in [-0.05, 0) is 55.8 Å². The Hall–Kier alpha value is -4.26. The van der Waals surface area contributed by atoms with Crippen molar-refractivity contribution in [3.63, 3.8) is 0 Å². The number of aliphatic hydroxyl groups excluding tert-OH is 1. The third-order valence-electron chi connectivity index (χ3n) is 5.89. The molecule has 3 aromatic rings. The molecule has 1 unspecified atom stereocenters. The third kappa shape index (κ3) is 4.77. The number of Topliss-reactive ketones (excluding diaryl/α,β-unsaturated/α-hetero) is 1. The van der Waals surface area contributed by atoms with Gasteiger partial charge in [0.15, 0.2) is 0 Å². The topological polar surface area (TPSA) is 85.3 Å². The van der Waals surface area contributed by atoms with Crippen LogP contribution in [0, 0.1) is 0 Å². The fraction of sp³-hybridized carbons (Fsp3) is 0.241. The SMILES string of the molecule is CCCOc1cccc(N2C(=O)C(=O)/C(=C(/O)c3ccc(OCC)cc3)C2c2ccccc2OC)c1. The standard InChI is InChI=1S/C29H29NO6/c1-4-17-36-22-10-8-9-20(18-22)30-26(23-11-6-7-12-24(23)34-3)25(28(32)29(30)33)27(31)19-13-15-21(16-14-19)35-5-2/h6-16,18,26,31H,4-5,17H2,1-3H3/b27-25+. The minimum absolute atomic E-state index is 0.0199. The molecule has 1 heterocycles. The summed E-state index contributed by atoms with van der Waals surface area (Å²) < 4.78 is 16.8. The molecule has 1 aliphatic rings. The first-order chi connectivity index (χ1) is 17.5. The number of para-hydroxylation sites is 1. The number of rotatable bonds is 9. The zero-order valence-electron chi connectivity index (χ0n) is 20.6. The number of carbonyl (C=O) groups excluding carboxylic acids is 2. The van der Waals surface area contributed by atoms with Crippen molar-refractivity contribution >= 4 is 23.1 Å². The molecule has 186 valence electrons. The number of aliphatic hydroxyl groups is 1. The van der Waals surface area contributed by atoms with Crippen molar-refractivity contribution in [2.45, 2.75) is 26.3 Å². The van der Waals surface area contributed by atoms with Gasteiger partial charge in [-0.15, -0.1) is 0 Å². The molecule has 0 radical (unpaired) electrons. The van der Waals surface area contributed by atoms with E-state index in [1.807, 2.05) is 13.8 Å². The Morgan fingerprint density at radius 1 is 0.917 bits per heavy atom. The zero-order chi connectivity index (χ0) is 25.7. The van der Waals surface area contributed by atoms with Crippen LogP contribution in [0.15, 0.2) is 78.4 Å². The highest BCUT2D eigenvalue weighted by Gasteiger charge is 2.48. The molecule has 3 aromatic carbocycles. The molecule has 1 amide bonds. The van der Waals surface area contributed by atoms with Crippen LogP contribution in [0.2, 0.25) is 0 Å². The molecule has 0 aliphatic carbocycles. The fourth-order valence-corrected chi connectivity index (χ4v) is 4.26. The van der Waals surface area contributed by atoms with E-state index >= 15 is 0 Å². The van der Waals surface area contributed by atoms with Gasteiger partial charge in [-0.2, -0.15) is 0 Å². The first-order valence-corrected chi connectivity index (χ1v) is 11.9. The molecule has 1 N–H and O–H groups in total. The van der Waals surface area contributed by atoms with Crippen molar-refractivity contribution in [1.29, 1.82) is 0 Å². The third-order valence-corrected chi connectivity index (χ3v) is 5.89. The Bertz CT molecular complexity index is 1280. The average molecular weight is 488 g/mol. The van der Waals surface area contributed by atoms with Crippen LogP contribution < -0.4 is 19.1 Å². The Morgan fingerprint density at radius 3 is 2.36 bits per heavy atom. The molecule has 0 spiro atoms. The van der Waals surface area contributed by atoms with Gasteiger partial charge < -0.3 is 19.3 Å². The normalized spacial score (nSPS) is 16.8. The van der Waals surface area contributed by atoms with Gasteiger partial charge in [0.25, 0.3) is 11.7 Å². The number of anilines is 1. The van der Waals surface area contributed by atoms with Gasteiger partial charge >= 0.3 is 0 Å². The lowest BCUT2D eigenvalue weighted by Gasteiger charge is -2.27. The van der Waals surface area contributed by atoms with E-state index in [1.165, 1.54) is 12.0 Å². The first-order valence-electron chi connectivity index (χ1n) is 11.9. The summed E-state index contributed by atoms with van der Waals surface area (Å²) in [5, 5.41) is 11.3. The predicted molar refractivity (Wildman–Crippen MR) is 138 cm³/mol. The molecule has 1 fully saturated rings. The lowest BCUT2D eigenvalue weighted by Crippen LogP contribution is -2.29. The van der Waals surface area contributed by atoms with Crippen molar-refractivity contribution in [3.05, 3.63) is 89.5 Å². The summed E-state index contributed by atoms with van der Waals surface area (Å²) in [6.07, 6.45) is 0.831. The second-order valence-electron chi connectivity index (χ2n) is 8.21. The number of hydrogen-bond acceptors (Lipinski definition) is 6. The van der Waals surface area contributed by atoms with E-state index in [1.54, 1.807) is 72.8 Å². The van der Waals surface area contributed by atoms with Gasteiger partial charge in [-0.3, -0.25) is 14.5 Å². The largest absolute Gasteiger partial charge is 0.507 e. The van der Waals surface area contributed by atoms with Crippen LogP contribution in [0.1, 0.15) is 37.4 Å². The van der Waals surface area contributed by atoms with Gasteiger partial charge in [-0.1, -0.05) is 31.2 Å². The molecule has 1 aliphatic heterocycles. The first kappa shape index (κ1) is 24.9. The lowest BCUT2D eigenvalue weighted by molar-refractivity contribution is -0.132. The van der Waals surface area contributed by atoms with Gasteiger partial charge in [0.05, 0.1) is 31.9 Å². The molecule has 0 bridgehead atoms. The van der Waals surface area contributed by atoms with Crippen LogP contribution in [0.4, 0.5) is 5.69 Å². The van der Waals surface area contributed by atoms with Gasteiger partial charge in [0.2, 0.25) is 0 Å². The van der Waals surface area contributed by atoms with E-state index in [2.05, 4.69) is 0 Å². The Morgan fingerprint density at radius 2 is 1.67 bits per heavy atom. The highest BCUT2D eigenvalue weighted by atomic mass is 16.5. The maximum Gasteiger partial charge on any atom is 0.300 e. The van der Waals surface area contributed by atoms with E-state index in [9.17, 15) is 14.7 Å². The monoisotopic (exact) mass is 487 g/mol. The maximum atomic E-state index is 13.4. The number of ether oxygens (including phenoxy) is 3. The summed E-state index contributed by atoms with van der Waals surface area (Å²) in [5.74, 6) is -0.0806. The molecule has 7 heteroatoms. The molecule has 7 nitrogen and oxygen atoms in total. The number of amides is 1. The summed E-state index contributed by atoms with van der Waals surface area (Å²) >= 11 is 0. The molecule has 1 saturated heterocycles. The number of methoxy groups -OCH3 is 1. The fourth-order valence-electron chi connectivity index (χ4n) is 4.26. The van der Waals surface area contributed by atoms with Crippen molar-refractivity contribution < 1.29 is 28.9 Å². The summed E-state index contributed by atoms with van der Waals surface area (Å²) in [4.78, 5) is 28.2. The summed E-state index contributed by atoms with van der Waals surface area (Å²) in [7, 11) is 1.52. The molecule has 0 aromatic heterocycles. The predicted octanol–water partition coefficient (Wildman–Crippen LogP) is 5.51. The molecule has 4 rings (SSSR count). The minimum atomic E-state index is -0.908. The van der Waals surface area contributed by atoms with Crippen molar-refractivity contribution in [1.82, 2.24) is 0 Å². The molecule has 36 heavy (non-hydrogen) atoms. The van der Waals surface area contributed by atoms with Crippen molar-refractivity contribution in [3.8, 4) is 17.2 Å². The van der Waals surface area contributed by atoms with E-state index in [0.717, 1.165) is 6.42 Å². The highest BCUT2D eigenvalue weighted by Crippen LogP contribution is 2.45. The smallest absolute Gasteiger partial charge is 0.300 e. The van der Waals surface area contributed by atoms with E-state index < -0.39 is 17.7 Å². The van der Waals surface area contributed by atoms with Crippen molar-refractivity contribution in [2.75, 3.05) is 25.2 Å². The van der Waals surface area contributed by atoms with E-state index in [0.29, 0.717) is 47.3 Å². The Kier molecular flexibility index (Phi) is 7.59. The van der Waals surface area contributed by atoms with Crippen LogP contribution in [0.25, 0.3) is 5.76 Å². The second kappa shape index (κ2) is 11.0.